The third-order valence-corrected chi connectivity index (χ3v) is 5.48. The molecule has 7 heteroatoms. The van der Waals surface area contributed by atoms with Crippen molar-refractivity contribution in [2.75, 3.05) is 0 Å². The summed E-state index contributed by atoms with van der Waals surface area (Å²) < 4.78 is 1.46. The molecule has 0 fully saturated rings. The maximum atomic E-state index is 12.5. The molecule has 143 valence electrons. The molecule has 1 radical (unpaired) electrons. The van der Waals surface area contributed by atoms with Crippen LogP contribution in [-0.2, 0) is 6.54 Å². The van der Waals surface area contributed by atoms with Gasteiger partial charge in [0, 0.05) is 6.07 Å². The minimum absolute atomic E-state index is 0.0199. The number of carbonyl (C=O) groups is 1. The third-order valence-electron chi connectivity index (χ3n) is 4.52. The quantitative estimate of drug-likeness (QED) is 0.255. The molecule has 0 aliphatic heterocycles. The lowest BCUT2D eigenvalue weighted by Crippen LogP contribution is -2.11. The Hall–Kier alpha value is -3.58. The van der Waals surface area contributed by atoms with Gasteiger partial charge in [-0.25, -0.2) is 0 Å². The number of thiophene rings is 1. The number of ketones is 1. The summed E-state index contributed by atoms with van der Waals surface area (Å²) in [6.45, 7) is -0.0199. The normalized spacial score (nSPS) is 10.9. The van der Waals surface area contributed by atoms with Crippen LogP contribution in [0, 0.1) is 16.3 Å². The van der Waals surface area contributed by atoms with E-state index in [1.165, 1.54) is 16.1 Å². The minimum Gasteiger partial charge on any atom is -0.291 e. The van der Waals surface area contributed by atoms with Gasteiger partial charge in [0.2, 0.25) is 0 Å². The van der Waals surface area contributed by atoms with E-state index in [2.05, 4.69) is 11.3 Å². The molecule has 0 bridgehead atoms. The summed E-state index contributed by atoms with van der Waals surface area (Å²) in [5, 5.41) is 16.8. The first-order valence-corrected chi connectivity index (χ1v) is 9.81. The molecule has 29 heavy (non-hydrogen) atoms. The highest BCUT2D eigenvalue weighted by Gasteiger charge is 2.21. The number of aromatic nitrogens is 2. The zero-order valence-electron chi connectivity index (χ0n) is 15.3. The fourth-order valence-corrected chi connectivity index (χ4v) is 3.95. The van der Waals surface area contributed by atoms with Gasteiger partial charge >= 0.3 is 0 Å². The number of hydrogen-bond donors (Lipinski definition) is 0. The molecule has 4 aromatic rings. The van der Waals surface area contributed by atoms with E-state index in [0.29, 0.717) is 4.88 Å². The Bertz CT molecular complexity index is 1100. The van der Waals surface area contributed by atoms with E-state index in [-0.39, 0.29) is 23.9 Å². The largest absolute Gasteiger partial charge is 0.291 e. The second-order valence-corrected chi connectivity index (χ2v) is 7.37. The highest BCUT2D eigenvalue weighted by atomic mass is 32.1. The van der Waals surface area contributed by atoms with Crippen molar-refractivity contribution in [3.05, 3.63) is 116 Å². The number of benzene rings is 2. The van der Waals surface area contributed by atoms with E-state index in [1.54, 1.807) is 6.07 Å². The third kappa shape index (κ3) is 4.14. The van der Waals surface area contributed by atoms with Crippen molar-refractivity contribution in [3.63, 3.8) is 0 Å². The predicted octanol–water partition coefficient (Wildman–Crippen LogP) is 4.72. The van der Waals surface area contributed by atoms with Gasteiger partial charge in [0.05, 0.1) is 33.0 Å². The van der Waals surface area contributed by atoms with Crippen LogP contribution < -0.4 is 0 Å². The first kappa shape index (κ1) is 18.8. The van der Waals surface area contributed by atoms with E-state index < -0.39 is 4.92 Å². The molecule has 4 rings (SSSR count). The van der Waals surface area contributed by atoms with Crippen LogP contribution in [0.3, 0.4) is 0 Å². The fourth-order valence-electron chi connectivity index (χ4n) is 3.17. The van der Waals surface area contributed by atoms with Crippen molar-refractivity contribution in [3.8, 4) is 0 Å². The molecule has 0 N–H and O–H groups in total. The molecule has 2 aromatic carbocycles. The molecule has 2 aromatic heterocycles. The van der Waals surface area contributed by atoms with Crippen LogP contribution in [0.15, 0.2) is 78.2 Å². The maximum absolute atomic E-state index is 12.5. The molecule has 0 saturated heterocycles. The van der Waals surface area contributed by atoms with Crippen LogP contribution in [-0.4, -0.2) is 20.5 Å². The van der Waals surface area contributed by atoms with Crippen LogP contribution in [0.2, 0.25) is 0 Å². The standard InChI is InChI=1S/C22H16N3O3S/c26-20(21-13-18(15-29-21)25(27)28)14-24-12-11-19(23-24)22(16-7-3-1-4-8-16)17-9-5-2-6-10-17/h1-11,13,15,22H,14H2. The van der Waals surface area contributed by atoms with Crippen molar-refractivity contribution in [2.24, 2.45) is 0 Å². The van der Waals surface area contributed by atoms with E-state index in [4.69, 9.17) is 0 Å². The Labute approximate surface area is 171 Å². The smallest absolute Gasteiger partial charge is 0.280 e. The first-order chi connectivity index (χ1) is 14.1. The zero-order valence-corrected chi connectivity index (χ0v) is 16.1. The zero-order chi connectivity index (χ0) is 20.2. The highest BCUT2D eigenvalue weighted by molar-refractivity contribution is 7.12. The lowest BCUT2D eigenvalue weighted by molar-refractivity contribution is -0.384. The highest BCUT2D eigenvalue weighted by Crippen LogP contribution is 2.30. The molecular weight excluding hydrogens is 386 g/mol. The Morgan fingerprint density at radius 3 is 2.28 bits per heavy atom. The van der Waals surface area contributed by atoms with Crippen LogP contribution >= 0.6 is 11.3 Å². The summed E-state index contributed by atoms with van der Waals surface area (Å²) in [7, 11) is 0. The summed E-state index contributed by atoms with van der Waals surface area (Å²) in [6.07, 6.45) is 3.01. The molecule has 0 atom stereocenters. The van der Waals surface area contributed by atoms with Gasteiger partial charge in [-0.1, -0.05) is 60.7 Å². The number of Topliss-reactive ketones (excluding diaryl/α,β-unsaturated/α-hetero) is 1. The summed E-state index contributed by atoms with van der Waals surface area (Å²) in [6, 6.07) is 23.2. The number of rotatable bonds is 7. The van der Waals surface area contributed by atoms with Gasteiger partial charge in [0.25, 0.3) is 5.69 Å². The maximum Gasteiger partial charge on any atom is 0.280 e. The predicted molar refractivity (Wildman–Crippen MR) is 110 cm³/mol. The number of carbonyl (C=O) groups excluding carboxylic acids is 1. The molecule has 0 unspecified atom stereocenters. The van der Waals surface area contributed by atoms with E-state index >= 15 is 0 Å². The first-order valence-electron chi connectivity index (χ1n) is 8.93. The van der Waals surface area contributed by atoms with Crippen molar-refractivity contribution in [1.29, 1.82) is 0 Å². The minimum atomic E-state index is -0.504. The molecule has 0 aliphatic carbocycles. The SMILES string of the molecule is O=C(Cn1[c]cc(C(c2ccccc2)c2ccccc2)n1)c1cc([N+](=O)[O-])cs1. The molecule has 0 saturated carbocycles. The van der Waals surface area contributed by atoms with Crippen LogP contribution in [0.25, 0.3) is 0 Å². The van der Waals surface area contributed by atoms with Crippen molar-refractivity contribution >= 4 is 22.8 Å². The topological polar surface area (TPSA) is 78.0 Å². The van der Waals surface area contributed by atoms with Crippen LogP contribution in [0.4, 0.5) is 5.69 Å². The van der Waals surface area contributed by atoms with Gasteiger partial charge in [-0.3, -0.25) is 19.6 Å². The summed E-state index contributed by atoms with van der Waals surface area (Å²) >= 11 is 1.07. The lowest BCUT2D eigenvalue weighted by atomic mass is 9.89. The fraction of sp³-hybridized carbons (Fsp3) is 0.0909. The average molecular weight is 402 g/mol. The van der Waals surface area contributed by atoms with Crippen LogP contribution in [0.5, 0.6) is 0 Å². The Morgan fingerprint density at radius 1 is 1.10 bits per heavy atom. The van der Waals surface area contributed by atoms with E-state index in [0.717, 1.165) is 28.2 Å². The molecule has 0 spiro atoms. The Kier molecular flexibility index (Phi) is 5.31. The van der Waals surface area contributed by atoms with E-state index in [1.807, 2.05) is 60.7 Å². The molecular formula is C22H16N3O3S. The van der Waals surface area contributed by atoms with Crippen LogP contribution in [0.1, 0.15) is 32.4 Å². The molecule has 0 aliphatic rings. The Balaban J connectivity index is 1.60. The second-order valence-electron chi connectivity index (χ2n) is 6.46. The number of nitro groups is 1. The van der Waals surface area contributed by atoms with Gasteiger partial charge in [-0.2, -0.15) is 5.10 Å². The summed E-state index contributed by atoms with van der Waals surface area (Å²) in [5.41, 5.74) is 2.90. The van der Waals surface area contributed by atoms with E-state index in [9.17, 15) is 14.9 Å². The summed E-state index contributed by atoms with van der Waals surface area (Å²) in [4.78, 5) is 23.1. The van der Waals surface area contributed by atoms with Gasteiger partial charge in [-0.15, -0.1) is 11.3 Å². The van der Waals surface area contributed by atoms with Gasteiger partial charge < -0.3 is 0 Å². The molecule has 2 heterocycles. The summed E-state index contributed by atoms with van der Waals surface area (Å²) in [5.74, 6) is -0.308. The van der Waals surface area contributed by atoms with Gasteiger partial charge in [0.1, 0.15) is 6.54 Å². The number of nitrogens with zero attached hydrogens (tertiary/aromatic N) is 3. The lowest BCUT2D eigenvalue weighted by Gasteiger charge is -2.16. The Morgan fingerprint density at radius 2 is 1.72 bits per heavy atom. The van der Waals surface area contributed by atoms with Crippen molar-refractivity contribution in [1.82, 2.24) is 9.78 Å². The number of hydrogen-bond acceptors (Lipinski definition) is 5. The van der Waals surface area contributed by atoms with Gasteiger partial charge in [-0.05, 0) is 17.2 Å². The second kappa shape index (κ2) is 8.20. The van der Waals surface area contributed by atoms with Crippen molar-refractivity contribution in [2.45, 2.75) is 12.5 Å². The molecule has 6 nitrogen and oxygen atoms in total. The van der Waals surface area contributed by atoms with Crippen molar-refractivity contribution < 1.29 is 9.72 Å². The average Bonchev–Trinajstić information content (AvgIpc) is 3.40. The van der Waals surface area contributed by atoms with Gasteiger partial charge in [0.15, 0.2) is 5.78 Å². The molecule has 0 amide bonds. The monoisotopic (exact) mass is 402 g/mol.